The molecule has 3 nitrogen and oxygen atoms in total. The highest BCUT2D eigenvalue weighted by atomic mass is 79.9. The first kappa shape index (κ1) is 12.7. The van der Waals surface area contributed by atoms with Gasteiger partial charge in [-0.1, -0.05) is 18.5 Å². The zero-order chi connectivity index (χ0) is 11.3. The van der Waals surface area contributed by atoms with Crippen molar-refractivity contribution in [1.29, 1.82) is 0 Å². The maximum Gasteiger partial charge on any atom is 0.144 e. The Morgan fingerprint density at radius 3 is 2.87 bits per heavy atom. The van der Waals surface area contributed by atoms with Gasteiger partial charge in [0.05, 0.1) is 5.02 Å². The van der Waals surface area contributed by atoms with Crippen LogP contribution < -0.4 is 10.6 Å². The number of pyridine rings is 1. The number of hydrogen-bond acceptors (Lipinski definition) is 3. The monoisotopic (exact) mass is 291 g/mol. The minimum absolute atomic E-state index is 0.538. The van der Waals surface area contributed by atoms with Crippen molar-refractivity contribution in [3.05, 3.63) is 21.8 Å². The minimum Gasteiger partial charge on any atom is -0.369 e. The first-order chi connectivity index (χ1) is 7.13. The summed E-state index contributed by atoms with van der Waals surface area (Å²) in [6.07, 6.45) is 1.73. The van der Waals surface area contributed by atoms with Crippen molar-refractivity contribution in [3.63, 3.8) is 0 Å². The van der Waals surface area contributed by atoms with E-state index in [1.807, 2.05) is 13.1 Å². The number of aromatic nitrogens is 1. The van der Waals surface area contributed by atoms with Gasteiger partial charge < -0.3 is 10.6 Å². The van der Waals surface area contributed by atoms with Gasteiger partial charge in [0.1, 0.15) is 5.82 Å². The third kappa shape index (κ3) is 4.36. The average Bonchev–Trinajstić information content (AvgIpc) is 2.17. The predicted molar refractivity (Wildman–Crippen MR) is 68.5 cm³/mol. The molecule has 2 N–H and O–H groups in total. The van der Waals surface area contributed by atoms with Gasteiger partial charge in [-0.15, -0.1) is 0 Å². The van der Waals surface area contributed by atoms with Crippen LogP contribution in [-0.2, 0) is 0 Å². The Labute approximate surface area is 104 Å². The molecule has 0 spiro atoms. The van der Waals surface area contributed by atoms with Crippen LogP contribution in [0, 0.1) is 5.92 Å². The molecule has 0 saturated carbocycles. The fraction of sp³-hybridized carbons (Fsp3) is 0.500. The Morgan fingerprint density at radius 1 is 1.53 bits per heavy atom. The molecular weight excluding hydrogens is 277 g/mol. The van der Waals surface area contributed by atoms with E-state index in [2.05, 4.69) is 38.5 Å². The summed E-state index contributed by atoms with van der Waals surface area (Å²) in [5.74, 6) is 1.28. The number of rotatable bonds is 5. The molecule has 0 radical (unpaired) electrons. The van der Waals surface area contributed by atoms with Crippen LogP contribution in [0.15, 0.2) is 16.7 Å². The Bertz CT molecular complexity index is 320. The summed E-state index contributed by atoms with van der Waals surface area (Å²) in [6, 6.07) is 1.83. The molecule has 1 aromatic heterocycles. The van der Waals surface area contributed by atoms with Crippen LogP contribution in [0.1, 0.15) is 6.92 Å². The van der Waals surface area contributed by atoms with Crippen molar-refractivity contribution in [3.8, 4) is 0 Å². The molecule has 0 saturated heterocycles. The predicted octanol–water partition coefficient (Wildman–Crippen LogP) is 2.76. The molecule has 1 atom stereocenters. The molecule has 15 heavy (non-hydrogen) atoms. The van der Waals surface area contributed by atoms with Crippen molar-refractivity contribution in [2.45, 2.75) is 6.92 Å². The molecule has 0 aliphatic heterocycles. The van der Waals surface area contributed by atoms with Crippen molar-refractivity contribution in [2.24, 2.45) is 5.92 Å². The first-order valence-electron chi connectivity index (χ1n) is 4.83. The molecule has 0 bridgehead atoms. The van der Waals surface area contributed by atoms with Crippen molar-refractivity contribution < 1.29 is 0 Å². The van der Waals surface area contributed by atoms with E-state index in [4.69, 9.17) is 11.6 Å². The number of anilines is 1. The second-order valence-corrected chi connectivity index (χ2v) is 4.85. The summed E-state index contributed by atoms with van der Waals surface area (Å²) >= 11 is 9.34. The van der Waals surface area contributed by atoms with Gasteiger partial charge in [-0.3, -0.25) is 0 Å². The molecule has 5 heteroatoms. The van der Waals surface area contributed by atoms with Crippen molar-refractivity contribution in [2.75, 3.05) is 25.5 Å². The van der Waals surface area contributed by atoms with Crippen LogP contribution in [-0.4, -0.2) is 25.1 Å². The molecular formula is C10H15BrClN3. The van der Waals surface area contributed by atoms with Crippen molar-refractivity contribution >= 4 is 33.3 Å². The lowest BCUT2D eigenvalue weighted by molar-refractivity contribution is 0.569. The van der Waals surface area contributed by atoms with Crippen LogP contribution in [0.2, 0.25) is 5.02 Å². The Balaban J connectivity index is 2.50. The third-order valence-corrected chi connectivity index (χ3v) is 2.70. The van der Waals surface area contributed by atoms with Gasteiger partial charge in [-0.05, 0) is 41.5 Å². The largest absolute Gasteiger partial charge is 0.369 e. The maximum absolute atomic E-state index is 6.02. The minimum atomic E-state index is 0.538. The summed E-state index contributed by atoms with van der Waals surface area (Å²) in [5.41, 5.74) is 0. The summed E-state index contributed by atoms with van der Waals surface area (Å²) in [7, 11) is 1.95. The fourth-order valence-electron chi connectivity index (χ4n) is 1.24. The Kier molecular flexibility index (Phi) is 5.36. The highest BCUT2D eigenvalue weighted by molar-refractivity contribution is 9.10. The van der Waals surface area contributed by atoms with Crippen LogP contribution in [0.4, 0.5) is 5.82 Å². The highest BCUT2D eigenvalue weighted by Crippen LogP contribution is 2.22. The highest BCUT2D eigenvalue weighted by Gasteiger charge is 2.04. The quantitative estimate of drug-likeness (QED) is 0.876. The maximum atomic E-state index is 6.02. The average molecular weight is 293 g/mol. The third-order valence-electron chi connectivity index (χ3n) is 1.98. The number of hydrogen-bond donors (Lipinski definition) is 2. The number of nitrogens with zero attached hydrogens (tertiary/aromatic N) is 1. The lowest BCUT2D eigenvalue weighted by Crippen LogP contribution is -2.23. The van der Waals surface area contributed by atoms with Gasteiger partial charge in [0, 0.05) is 17.2 Å². The van der Waals surface area contributed by atoms with E-state index in [1.165, 1.54) is 0 Å². The summed E-state index contributed by atoms with van der Waals surface area (Å²) < 4.78 is 0.890. The number of nitrogens with one attached hydrogen (secondary N) is 2. The van der Waals surface area contributed by atoms with Gasteiger partial charge in [0.15, 0.2) is 0 Å². The van der Waals surface area contributed by atoms with E-state index >= 15 is 0 Å². The smallest absolute Gasteiger partial charge is 0.144 e. The van der Waals surface area contributed by atoms with Gasteiger partial charge >= 0.3 is 0 Å². The summed E-state index contributed by atoms with van der Waals surface area (Å²) in [4.78, 5) is 4.20. The Morgan fingerprint density at radius 2 is 2.27 bits per heavy atom. The van der Waals surface area contributed by atoms with Gasteiger partial charge in [-0.25, -0.2) is 4.98 Å². The molecule has 1 aromatic rings. The van der Waals surface area contributed by atoms with E-state index in [1.54, 1.807) is 6.20 Å². The lowest BCUT2D eigenvalue weighted by Gasteiger charge is -2.13. The standard InChI is InChI=1S/C10H15BrClN3/c1-7(4-13-2)5-14-10-9(12)3-8(11)6-15-10/h3,6-7,13H,4-5H2,1-2H3,(H,14,15). The molecule has 0 aliphatic rings. The van der Waals surface area contributed by atoms with Crippen LogP contribution in [0.5, 0.6) is 0 Å². The van der Waals surface area contributed by atoms with Crippen LogP contribution in [0.3, 0.4) is 0 Å². The van der Waals surface area contributed by atoms with E-state index in [-0.39, 0.29) is 0 Å². The fourth-order valence-corrected chi connectivity index (χ4v) is 1.93. The molecule has 1 heterocycles. The summed E-state index contributed by atoms with van der Waals surface area (Å²) in [6.45, 7) is 3.99. The molecule has 0 aliphatic carbocycles. The second-order valence-electron chi connectivity index (χ2n) is 3.53. The molecule has 1 rings (SSSR count). The molecule has 1 unspecified atom stereocenters. The van der Waals surface area contributed by atoms with Crippen LogP contribution >= 0.6 is 27.5 Å². The van der Waals surface area contributed by atoms with Gasteiger partial charge in [-0.2, -0.15) is 0 Å². The van der Waals surface area contributed by atoms with E-state index in [9.17, 15) is 0 Å². The van der Waals surface area contributed by atoms with E-state index < -0.39 is 0 Å². The normalized spacial score (nSPS) is 12.5. The zero-order valence-electron chi connectivity index (χ0n) is 8.85. The lowest BCUT2D eigenvalue weighted by atomic mass is 10.2. The van der Waals surface area contributed by atoms with E-state index in [0.29, 0.717) is 10.9 Å². The Hall–Kier alpha value is -0.320. The first-order valence-corrected chi connectivity index (χ1v) is 6.00. The second kappa shape index (κ2) is 6.30. The van der Waals surface area contributed by atoms with Crippen molar-refractivity contribution in [1.82, 2.24) is 10.3 Å². The van der Waals surface area contributed by atoms with E-state index in [0.717, 1.165) is 23.4 Å². The molecule has 0 fully saturated rings. The van der Waals surface area contributed by atoms with Gasteiger partial charge in [0.25, 0.3) is 0 Å². The van der Waals surface area contributed by atoms with Crippen LogP contribution in [0.25, 0.3) is 0 Å². The topological polar surface area (TPSA) is 37.0 Å². The summed E-state index contributed by atoms with van der Waals surface area (Å²) in [5, 5.41) is 6.99. The van der Waals surface area contributed by atoms with Gasteiger partial charge in [0.2, 0.25) is 0 Å². The SMILES string of the molecule is CNCC(C)CNc1ncc(Br)cc1Cl. The number of halogens is 2. The molecule has 0 amide bonds. The molecule has 0 aromatic carbocycles. The zero-order valence-corrected chi connectivity index (χ0v) is 11.2. The molecule has 84 valence electrons.